The van der Waals surface area contributed by atoms with Gasteiger partial charge < -0.3 is 14.5 Å². The Morgan fingerprint density at radius 2 is 1.92 bits per heavy atom. The molecule has 0 spiro atoms. The van der Waals surface area contributed by atoms with Crippen molar-refractivity contribution in [3.05, 3.63) is 90.4 Å². The summed E-state index contributed by atoms with van der Waals surface area (Å²) in [6.45, 7) is 4.17. The first kappa shape index (κ1) is 15.6. The Hall–Kier alpha value is -3.27. The van der Waals surface area contributed by atoms with Gasteiger partial charge in [-0.2, -0.15) is 0 Å². The fourth-order valence-electron chi connectivity index (χ4n) is 2.41. The van der Waals surface area contributed by atoms with E-state index >= 15 is 0 Å². The molecule has 0 unspecified atom stereocenters. The number of hydrogen-bond acceptors (Lipinski definition) is 3. The molecule has 0 atom stereocenters. The van der Waals surface area contributed by atoms with Crippen LogP contribution in [0.2, 0.25) is 0 Å². The molecule has 0 saturated carbocycles. The van der Waals surface area contributed by atoms with E-state index in [0.717, 1.165) is 22.4 Å². The molecule has 3 rings (SSSR count). The van der Waals surface area contributed by atoms with Crippen molar-refractivity contribution in [1.29, 1.82) is 0 Å². The number of carbonyl (C=O) groups is 1. The zero-order valence-electron chi connectivity index (χ0n) is 13.3. The van der Waals surface area contributed by atoms with Crippen molar-refractivity contribution < 1.29 is 13.9 Å². The fraction of sp³-hybridized carbons (Fsp3) is 0.0500. The van der Waals surface area contributed by atoms with Crippen LogP contribution in [0.25, 0.3) is 5.57 Å². The molecule has 0 fully saturated rings. The van der Waals surface area contributed by atoms with Gasteiger partial charge in [-0.1, -0.05) is 36.9 Å². The summed E-state index contributed by atoms with van der Waals surface area (Å²) in [5, 5.41) is 2.87. The minimum Gasteiger partial charge on any atom is -0.497 e. The lowest BCUT2D eigenvalue weighted by Gasteiger charge is -2.13. The molecule has 3 aromatic rings. The number of methoxy groups -OCH3 is 1. The minimum atomic E-state index is -0.300. The normalized spacial score (nSPS) is 10.2. The zero-order chi connectivity index (χ0) is 16.9. The standard InChI is InChI=1S/C20H17NO3/c1-14(15-7-5-8-16(13-15)23-2)17-9-3-4-10-18(17)21-20(22)19-11-6-12-24-19/h3-13H,1H2,2H3,(H,21,22). The second-order valence-electron chi connectivity index (χ2n) is 5.19. The third-order valence-corrected chi connectivity index (χ3v) is 3.66. The predicted octanol–water partition coefficient (Wildman–Crippen LogP) is 4.60. The number of carbonyl (C=O) groups excluding carboxylic acids is 1. The van der Waals surface area contributed by atoms with E-state index in [1.165, 1.54) is 6.26 Å². The van der Waals surface area contributed by atoms with Gasteiger partial charge in [-0.05, 0) is 41.5 Å². The Morgan fingerprint density at radius 1 is 1.08 bits per heavy atom. The number of hydrogen-bond donors (Lipinski definition) is 1. The maximum absolute atomic E-state index is 12.2. The van der Waals surface area contributed by atoms with Crippen molar-refractivity contribution >= 4 is 17.2 Å². The molecule has 0 saturated heterocycles. The number of anilines is 1. The van der Waals surface area contributed by atoms with Crippen LogP contribution >= 0.6 is 0 Å². The van der Waals surface area contributed by atoms with E-state index in [9.17, 15) is 4.79 Å². The molecule has 1 heterocycles. The van der Waals surface area contributed by atoms with E-state index in [0.29, 0.717) is 5.69 Å². The van der Waals surface area contributed by atoms with Crippen LogP contribution in [0, 0.1) is 0 Å². The van der Waals surface area contributed by atoms with Gasteiger partial charge in [0.15, 0.2) is 5.76 Å². The van der Waals surface area contributed by atoms with Gasteiger partial charge in [0, 0.05) is 11.3 Å². The molecule has 0 aliphatic rings. The number of furan rings is 1. The van der Waals surface area contributed by atoms with Crippen molar-refractivity contribution in [1.82, 2.24) is 0 Å². The van der Waals surface area contributed by atoms with Gasteiger partial charge in [-0.25, -0.2) is 0 Å². The predicted molar refractivity (Wildman–Crippen MR) is 94.2 cm³/mol. The molecule has 24 heavy (non-hydrogen) atoms. The molecule has 0 aliphatic heterocycles. The van der Waals surface area contributed by atoms with Crippen LogP contribution in [0.15, 0.2) is 77.9 Å². The Kier molecular flexibility index (Phi) is 4.47. The second kappa shape index (κ2) is 6.87. The first-order valence-corrected chi connectivity index (χ1v) is 7.46. The van der Waals surface area contributed by atoms with Gasteiger partial charge in [0.25, 0.3) is 5.91 Å². The summed E-state index contributed by atoms with van der Waals surface area (Å²) >= 11 is 0. The van der Waals surface area contributed by atoms with E-state index in [1.807, 2.05) is 48.5 Å². The Balaban J connectivity index is 1.91. The molecular weight excluding hydrogens is 302 g/mol. The monoisotopic (exact) mass is 319 g/mol. The van der Waals surface area contributed by atoms with Crippen LogP contribution < -0.4 is 10.1 Å². The molecule has 1 amide bonds. The van der Waals surface area contributed by atoms with Crippen molar-refractivity contribution in [2.45, 2.75) is 0 Å². The lowest BCUT2D eigenvalue weighted by Crippen LogP contribution is -2.12. The van der Waals surface area contributed by atoms with Crippen LogP contribution in [0.4, 0.5) is 5.69 Å². The fourth-order valence-corrected chi connectivity index (χ4v) is 2.41. The summed E-state index contributed by atoms with van der Waals surface area (Å²) in [6.07, 6.45) is 1.47. The summed E-state index contributed by atoms with van der Waals surface area (Å²) in [5.41, 5.74) is 3.23. The van der Waals surface area contributed by atoms with Gasteiger partial charge in [-0.3, -0.25) is 4.79 Å². The van der Waals surface area contributed by atoms with Gasteiger partial charge >= 0.3 is 0 Å². The van der Waals surface area contributed by atoms with Crippen LogP contribution in [0.1, 0.15) is 21.7 Å². The maximum atomic E-state index is 12.2. The lowest BCUT2D eigenvalue weighted by molar-refractivity contribution is 0.0996. The molecule has 1 aromatic heterocycles. The highest BCUT2D eigenvalue weighted by Gasteiger charge is 2.13. The SMILES string of the molecule is C=C(c1cccc(OC)c1)c1ccccc1NC(=O)c1ccco1. The minimum absolute atomic E-state index is 0.261. The van der Waals surface area contributed by atoms with Gasteiger partial charge in [-0.15, -0.1) is 0 Å². The largest absolute Gasteiger partial charge is 0.497 e. The molecule has 0 bridgehead atoms. The Morgan fingerprint density at radius 3 is 2.67 bits per heavy atom. The van der Waals surface area contributed by atoms with Crippen molar-refractivity contribution in [3.8, 4) is 5.75 Å². The number of para-hydroxylation sites is 1. The van der Waals surface area contributed by atoms with E-state index in [4.69, 9.17) is 9.15 Å². The summed E-state index contributed by atoms with van der Waals surface area (Å²) in [4.78, 5) is 12.2. The highest BCUT2D eigenvalue weighted by atomic mass is 16.5. The van der Waals surface area contributed by atoms with Gasteiger partial charge in [0.05, 0.1) is 13.4 Å². The Bertz CT molecular complexity index is 866. The highest BCUT2D eigenvalue weighted by molar-refractivity contribution is 6.04. The lowest BCUT2D eigenvalue weighted by atomic mass is 9.98. The first-order chi connectivity index (χ1) is 11.7. The molecule has 4 nitrogen and oxygen atoms in total. The molecule has 4 heteroatoms. The number of benzene rings is 2. The summed E-state index contributed by atoms with van der Waals surface area (Å²) in [6, 6.07) is 18.5. The molecule has 2 aromatic carbocycles. The average molecular weight is 319 g/mol. The summed E-state index contributed by atoms with van der Waals surface area (Å²) in [7, 11) is 1.62. The van der Waals surface area contributed by atoms with Crippen molar-refractivity contribution in [3.63, 3.8) is 0 Å². The number of ether oxygens (including phenoxy) is 1. The molecule has 120 valence electrons. The van der Waals surface area contributed by atoms with E-state index in [2.05, 4.69) is 11.9 Å². The van der Waals surface area contributed by atoms with E-state index in [-0.39, 0.29) is 11.7 Å². The van der Waals surface area contributed by atoms with Gasteiger partial charge in [0.2, 0.25) is 0 Å². The highest BCUT2D eigenvalue weighted by Crippen LogP contribution is 2.30. The van der Waals surface area contributed by atoms with E-state index in [1.54, 1.807) is 19.2 Å². The third-order valence-electron chi connectivity index (χ3n) is 3.66. The van der Waals surface area contributed by atoms with Gasteiger partial charge in [0.1, 0.15) is 5.75 Å². The van der Waals surface area contributed by atoms with Crippen LogP contribution in [0.3, 0.4) is 0 Å². The molecule has 1 N–H and O–H groups in total. The second-order valence-corrected chi connectivity index (χ2v) is 5.19. The first-order valence-electron chi connectivity index (χ1n) is 7.46. The third kappa shape index (κ3) is 3.22. The number of rotatable bonds is 5. The Labute approximate surface area is 140 Å². The topological polar surface area (TPSA) is 51.5 Å². The molecule has 0 aliphatic carbocycles. The maximum Gasteiger partial charge on any atom is 0.291 e. The van der Waals surface area contributed by atoms with Crippen LogP contribution in [0.5, 0.6) is 5.75 Å². The van der Waals surface area contributed by atoms with Crippen LogP contribution in [-0.2, 0) is 0 Å². The number of nitrogens with one attached hydrogen (secondary N) is 1. The smallest absolute Gasteiger partial charge is 0.291 e. The summed E-state index contributed by atoms with van der Waals surface area (Å²) in [5.74, 6) is 0.716. The zero-order valence-corrected chi connectivity index (χ0v) is 13.3. The van der Waals surface area contributed by atoms with Crippen molar-refractivity contribution in [2.24, 2.45) is 0 Å². The average Bonchev–Trinajstić information content (AvgIpc) is 3.16. The quantitative estimate of drug-likeness (QED) is 0.747. The van der Waals surface area contributed by atoms with Crippen LogP contribution in [-0.4, -0.2) is 13.0 Å². The van der Waals surface area contributed by atoms with E-state index < -0.39 is 0 Å². The molecular formula is C20H17NO3. The van der Waals surface area contributed by atoms with Crippen molar-refractivity contribution in [2.75, 3.05) is 12.4 Å². The summed E-state index contributed by atoms with van der Waals surface area (Å²) < 4.78 is 10.4. The number of amides is 1. The molecule has 0 radical (unpaired) electrons.